The lowest BCUT2D eigenvalue weighted by molar-refractivity contribution is 0.0974. The van der Waals surface area contributed by atoms with Gasteiger partial charge in [0, 0.05) is 23.1 Å². The molecule has 0 amide bonds. The molecule has 4 rings (SSSR count). The van der Waals surface area contributed by atoms with Crippen molar-refractivity contribution < 1.29 is 29.3 Å². The van der Waals surface area contributed by atoms with Gasteiger partial charge in [-0.15, -0.1) is 0 Å². The minimum absolute atomic E-state index is 0.0867. The second-order valence-electron chi connectivity index (χ2n) is 6.71. The highest BCUT2D eigenvalue weighted by Gasteiger charge is 2.34. The Kier molecular flexibility index (Phi) is 4.47. The van der Waals surface area contributed by atoms with Crippen LogP contribution in [0.15, 0.2) is 48.5 Å². The molecule has 2 N–H and O–H groups in total. The Hall–Kier alpha value is -3.80. The van der Waals surface area contributed by atoms with Gasteiger partial charge in [-0.05, 0) is 35.9 Å². The lowest BCUT2D eigenvalue weighted by atomic mass is 9.81. The summed E-state index contributed by atoms with van der Waals surface area (Å²) in [4.78, 5) is 25.8. The number of hydrogen-bond donors (Lipinski definition) is 2. The highest BCUT2D eigenvalue weighted by atomic mass is 16.5. The zero-order valence-electron chi connectivity index (χ0n) is 15.9. The highest BCUT2D eigenvalue weighted by molar-refractivity contribution is 6.30. The van der Waals surface area contributed by atoms with Crippen molar-refractivity contribution in [2.45, 2.75) is 6.42 Å². The van der Waals surface area contributed by atoms with E-state index in [4.69, 9.17) is 9.47 Å². The number of carbonyl (C=O) groups is 2. The van der Waals surface area contributed by atoms with Crippen molar-refractivity contribution in [3.8, 4) is 23.0 Å². The molecule has 3 aromatic carbocycles. The maximum atomic E-state index is 13.0. The summed E-state index contributed by atoms with van der Waals surface area (Å²) in [5.74, 6) is -0.321. The topological polar surface area (TPSA) is 93.1 Å². The number of benzene rings is 3. The van der Waals surface area contributed by atoms with E-state index >= 15 is 0 Å². The molecule has 0 bridgehead atoms. The molecule has 0 spiro atoms. The van der Waals surface area contributed by atoms with E-state index < -0.39 is 11.6 Å². The number of carbonyl (C=O) groups excluding carboxylic acids is 2. The van der Waals surface area contributed by atoms with Crippen LogP contribution >= 0.6 is 0 Å². The maximum Gasteiger partial charge on any atom is 0.201 e. The van der Waals surface area contributed by atoms with Crippen LogP contribution in [0.2, 0.25) is 0 Å². The molecular formula is C23H18O6. The number of ether oxygens (including phenoxy) is 2. The van der Waals surface area contributed by atoms with Gasteiger partial charge >= 0.3 is 0 Å². The molecule has 1 aliphatic rings. The number of rotatable bonds is 4. The van der Waals surface area contributed by atoms with E-state index in [0.29, 0.717) is 17.1 Å². The minimum atomic E-state index is -0.579. The summed E-state index contributed by atoms with van der Waals surface area (Å²) >= 11 is 0. The molecule has 0 atom stereocenters. The number of fused-ring (bicyclic) bond motifs is 2. The smallest absolute Gasteiger partial charge is 0.201 e. The first kappa shape index (κ1) is 18.6. The van der Waals surface area contributed by atoms with Crippen LogP contribution in [0.1, 0.15) is 43.0 Å². The molecule has 0 unspecified atom stereocenters. The van der Waals surface area contributed by atoms with E-state index in [2.05, 4.69) is 0 Å². The van der Waals surface area contributed by atoms with Gasteiger partial charge in [0.2, 0.25) is 5.78 Å². The van der Waals surface area contributed by atoms with E-state index in [1.165, 1.54) is 24.3 Å². The molecule has 146 valence electrons. The number of phenols is 2. The second-order valence-corrected chi connectivity index (χ2v) is 6.71. The quantitative estimate of drug-likeness (QED) is 0.554. The van der Waals surface area contributed by atoms with Crippen molar-refractivity contribution in [3.05, 3.63) is 81.9 Å². The molecule has 0 aliphatic heterocycles. The molecule has 0 fully saturated rings. The van der Waals surface area contributed by atoms with Gasteiger partial charge in [-0.1, -0.05) is 18.2 Å². The third-order valence-corrected chi connectivity index (χ3v) is 5.12. The molecule has 1 aliphatic carbocycles. The highest BCUT2D eigenvalue weighted by Crippen LogP contribution is 2.39. The molecule has 0 saturated carbocycles. The van der Waals surface area contributed by atoms with Crippen molar-refractivity contribution >= 4 is 11.6 Å². The summed E-state index contributed by atoms with van der Waals surface area (Å²) in [7, 11) is 3.09. The number of phenolic OH excluding ortho intramolecular Hbond substituents is 2. The van der Waals surface area contributed by atoms with E-state index in [1.807, 2.05) is 0 Å². The maximum absolute atomic E-state index is 13.0. The Balaban J connectivity index is 1.83. The molecule has 0 heterocycles. The number of methoxy groups -OCH3 is 2. The standard InChI is InChI=1S/C23H18O6/c1-28-14-7-9-18(29-2)13(11-14)10-12-6-8-16-20(21(12)25)23(27)19-15(22(16)26)4-3-5-17(19)24/h3-9,11,24-25H,10H2,1-2H3. The van der Waals surface area contributed by atoms with E-state index in [9.17, 15) is 19.8 Å². The first-order valence-corrected chi connectivity index (χ1v) is 8.93. The van der Waals surface area contributed by atoms with Gasteiger partial charge in [-0.2, -0.15) is 0 Å². The van der Waals surface area contributed by atoms with Gasteiger partial charge in [0.05, 0.1) is 25.3 Å². The lowest BCUT2D eigenvalue weighted by Crippen LogP contribution is -2.21. The summed E-state index contributed by atoms with van der Waals surface area (Å²) in [6, 6.07) is 12.8. The third-order valence-electron chi connectivity index (χ3n) is 5.12. The summed E-state index contributed by atoms with van der Waals surface area (Å²) in [6.45, 7) is 0. The SMILES string of the molecule is COc1ccc(OC)c(Cc2ccc3c(c2O)C(=O)c2c(O)cccc2C3=O)c1. The average molecular weight is 390 g/mol. The Labute approximate surface area is 167 Å². The number of hydrogen-bond acceptors (Lipinski definition) is 6. The minimum Gasteiger partial charge on any atom is -0.507 e. The fourth-order valence-electron chi connectivity index (χ4n) is 3.66. The fourth-order valence-corrected chi connectivity index (χ4v) is 3.66. The van der Waals surface area contributed by atoms with Crippen molar-refractivity contribution in [2.24, 2.45) is 0 Å². The normalized spacial score (nSPS) is 12.3. The van der Waals surface area contributed by atoms with Crippen molar-refractivity contribution in [1.82, 2.24) is 0 Å². The van der Waals surface area contributed by atoms with Gasteiger partial charge in [0.15, 0.2) is 5.78 Å². The predicted octanol–water partition coefficient (Wildman–Crippen LogP) is 3.48. The fraction of sp³-hybridized carbons (Fsp3) is 0.130. The van der Waals surface area contributed by atoms with Crippen molar-refractivity contribution in [2.75, 3.05) is 14.2 Å². The monoisotopic (exact) mass is 390 g/mol. The van der Waals surface area contributed by atoms with Gasteiger partial charge in [0.1, 0.15) is 23.0 Å². The zero-order valence-corrected chi connectivity index (χ0v) is 15.9. The summed E-state index contributed by atoms with van der Waals surface area (Å²) < 4.78 is 10.6. The number of ketones is 2. The van der Waals surface area contributed by atoms with Crippen molar-refractivity contribution in [1.29, 1.82) is 0 Å². The van der Waals surface area contributed by atoms with Gasteiger partial charge in [-0.25, -0.2) is 0 Å². The lowest BCUT2D eigenvalue weighted by Gasteiger charge is -2.21. The van der Waals surface area contributed by atoms with Crippen LogP contribution in [-0.4, -0.2) is 36.0 Å². The van der Waals surface area contributed by atoms with E-state index in [1.54, 1.807) is 38.5 Å². The predicted molar refractivity (Wildman–Crippen MR) is 105 cm³/mol. The van der Waals surface area contributed by atoms with Crippen LogP contribution in [0.3, 0.4) is 0 Å². The molecule has 0 radical (unpaired) electrons. The second kappa shape index (κ2) is 6.98. The third kappa shape index (κ3) is 2.89. The molecular weight excluding hydrogens is 372 g/mol. The first-order valence-electron chi connectivity index (χ1n) is 8.93. The average Bonchev–Trinajstić information content (AvgIpc) is 2.73. The van der Waals surface area contributed by atoms with Crippen LogP contribution < -0.4 is 9.47 Å². The molecule has 3 aromatic rings. The Morgan fingerprint density at radius 3 is 2.28 bits per heavy atom. The Morgan fingerprint density at radius 2 is 1.55 bits per heavy atom. The van der Waals surface area contributed by atoms with E-state index in [0.717, 1.165) is 5.56 Å². The zero-order chi connectivity index (χ0) is 20.7. The van der Waals surface area contributed by atoms with Gasteiger partial charge in [-0.3, -0.25) is 9.59 Å². The largest absolute Gasteiger partial charge is 0.507 e. The van der Waals surface area contributed by atoms with Crippen molar-refractivity contribution in [3.63, 3.8) is 0 Å². The molecule has 6 heteroatoms. The van der Waals surface area contributed by atoms with Crippen LogP contribution in [0.4, 0.5) is 0 Å². The van der Waals surface area contributed by atoms with Crippen LogP contribution in [0.25, 0.3) is 0 Å². The Morgan fingerprint density at radius 1 is 0.793 bits per heavy atom. The molecule has 6 nitrogen and oxygen atoms in total. The summed E-state index contributed by atoms with van der Waals surface area (Å²) in [5.41, 5.74) is 1.27. The first-order chi connectivity index (χ1) is 14.0. The van der Waals surface area contributed by atoms with E-state index in [-0.39, 0.29) is 40.2 Å². The van der Waals surface area contributed by atoms with Crippen LogP contribution in [0.5, 0.6) is 23.0 Å². The van der Waals surface area contributed by atoms with Gasteiger partial charge in [0.25, 0.3) is 0 Å². The Bertz CT molecular complexity index is 1160. The van der Waals surface area contributed by atoms with Crippen LogP contribution in [-0.2, 0) is 6.42 Å². The summed E-state index contributed by atoms with van der Waals surface area (Å²) in [5, 5.41) is 21.0. The molecule has 0 saturated heterocycles. The van der Waals surface area contributed by atoms with Gasteiger partial charge < -0.3 is 19.7 Å². The number of aromatic hydroxyl groups is 2. The molecule has 0 aromatic heterocycles. The van der Waals surface area contributed by atoms with Crippen LogP contribution in [0, 0.1) is 0 Å². The summed E-state index contributed by atoms with van der Waals surface area (Å²) in [6.07, 6.45) is 0.259. The molecule has 29 heavy (non-hydrogen) atoms.